The molecule has 0 rings (SSSR count). The fourth-order valence-electron chi connectivity index (χ4n) is 0.832. The second kappa shape index (κ2) is 5.35. The summed E-state index contributed by atoms with van der Waals surface area (Å²) in [5.41, 5.74) is 0.310. The molecule has 4 heteroatoms. The molecule has 0 aromatic carbocycles. The summed E-state index contributed by atoms with van der Waals surface area (Å²) in [5, 5.41) is 4.93. The molecule has 0 heterocycles. The molecule has 0 bridgehead atoms. The first-order valence-electron chi connectivity index (χ1n) is 4.18. The average Bonchev–Trinajstić information content (AvgIpc) is 2.00. The normalized spacial score (nSPS) is 11.3. The summed E-state index contributed by atoms with van der Waals surface area (Å²) < 4.78 is 0. The van der Waals surface area contributed by atoms with Crippen LogP contribution in [-0.2, 0) is 9.59 Å². The van der Waals surface area contributed by atoms with Gasteiger partial charge in [-0.2, -0.15) is 0 Å². The first-order chi connectivity index (χ1) is 5.97. The third-order valence-electron chi connectivity index (χ3n) is 1.28. The van der Waals surface area contributed by atoms with Crippen molar-refractivity contribution in [2.75, 3.05) is 7.05 Å². The molecule has 0 saturated carbocycles. The van der Waals surface area contributed by atoms with E-state index in [1.165, 1.54) is 14.0 Å². The maximum absolute atomic E-state index is 11.2. The predicted molar refractivity (Wildman–Crippen MR) is 50.8 cm³/mol. The highest BCUT2D eigenvalue weighted by Crippen LogP contribution is 1.99. The molecule has 0 aliphatic rings. The molecule has 0 saturated heterocycles. The number of hydrogen-bond donors (Lipinski definition) is 2. The van der Waals surface area contributed by atoms with Crippen molar-refractivity contribution in [2.45, 2.75) is 20.8 Å². The Kier molecular flexibility index (Phi) is 4.80. The standard InChI is InChI=1S/C9H16N2O2/c1-6(2)5-8(9(13)10-4)11-7(3)12/h5-6H,1-4H3,(H,10,13)(H,11,12)/b8-5-. The molecule has 2 amide bonds. The molecule has 0 aromatic heterocycles. The molecule has 4 nitrogen and oxygen atoms in total. The summed E-state index contributed by atoms with van der Waals surface area (Å²) >= 11 is 0. The fourth-order valence-corrected chi connectivity index (χ4v) is 0.832. The minimum Gasteiger partial charge on any atom is -0.354 e. The van der Waals surface area contributed by atoms with Crippen molar-refractivity contribution in [3.05, 3.63) is 11.8 Å². The summed E-state index contributed by atoms with van der Waals surface area (Å²) in [7, 11) is 1.53. The minimum atomic E-state index is -0.274. The van der Waals surface area contributed by atoms with E-state index in [1.807, 2.05) is 13.8 Å². The quantitative estimate of drug-likeness (QED) is 0.624. The Labute approximate surface area is 78.4 Å². The summed E-state index contributed by atoms with van der Waals surface area (Å²) in [6.07, 6.45) is 1.71. The molecule has 0 spiro atoms. The molecule has 0 atom stereocenters. The second-order valence-corrected chi connectivity index (χ2v) is 3.08. The molecule has 2 N–H and O–H groups in total. The number of allylic oxidation sites excluding steroid dienone is 1. The Morgan fingerprint density at radius 2 is 1.85 bits per heavy atom. The molecular weight excluding hydrogens is 168 g/mol. The maximum Gasteiger partial charge on any atom is 0.267 e. The second-order valence-electron chi connectivity index (χ2n) is 3.08. The van der Waals surface area contributed by atoms with E-state index in [9.17, 15) is 9.59 Å². The van der Waals surface area contributed by atoms with Gasteiger partial charge in [0.2, 0.25) is 5.91 Å². The van der Waals surface area contributed by atoms with E-state index >= 15 is 0 Å². The van der Waals surface area contributed by atoms with Gasteiger partial charge in [-0.3, -0.25) is 9.59 Å². The lowest BCUT2D eigenvalue weighted by Gasteiger charge is -2.07. The van der Waals surface area contributed by atoms with Crippen LogP contribution < -0.4 is 10.6 Å². The van der Waals surface area contributed by atoms with Gasteiger partial charge in [0.25, 0.3) is 5.91 Å². The van der Waals surface area contributed by atoms with Gasteiger partial charge in [0.15, 0.2) is 0 Å². The van der Waals surface area contributed by atoms with Crippen LogP contribution in [0.4, 0.5) is 0 Å². The van der Waals surface area contributed by atoms with Crippen LogP contribution in [0.3, 0.4) is 0 Å². The molecule has 13 heavy (non-hydrogen) atoms. The van der Waals surface area contributed by atoms with Crippen LogP contribution in [0, 0.1) is 5.92 Å². The molecule has 0 aliphatic heterocycles. The highest BCUT2D eigenvalue weighted by molar-refractivity contribution is 5.96. The summed E-state index contributed by atoms with van der Waals surface area (Å²) in [4.78, 5) is 21.9. The van der Waals surface area contributed by atoms with Crippen molar-refractivity contribution in [3.8, 4) is 0 Å². The van der Waals surface area contributed by atoms with Crippen molar-refractivity contribution in [2.24, 2.45) is 5.92 Å². The van der Waals surface area contributed by atoms with Crippen LogP contribution in [0.1, 0.15) is 20.8 Å². The highest BCUT2D eigenvalue weighted by atomic mass is 16.2. The summed E-state index contributed by atoms with van der Waals surface area (Å²) in [6.45, 7) is 5.24. The van der Waals surface area contributed by atoms with Crippen molar-refractivity contribution in [1.29, 1.82) is 0 Å². The van der Waals surface area contributed by atoms with Crippen molar-refractivity contribution >= 4 is 11.8 Å². The topological polar surface area (TPSA) is 58.2 Å². The lowest BCUT2D eigenvalue weighted by molar-refractivity contribution is -0.122. The van der Waals surface area contributed by atoms with E-state index in [-0.39, 0.29) is 17.7 Å². The number of carbonyl (C=O) groups is 2. The fraction of sp³-hybridized carbons (Fsp3) is 0.556. The smallest absolute Gasteiger partial charge is 0.267 e. The Hall–Kier alpha value is -1.32. The minimum absolute atomic E-state index is 0.221. The number of nitrogens with one attached hydrogen (secondary N) is 2. The van der Waals surface area contributed by atoms with Crippen molar-refractivity contribution < 1.29 is 9.59 Å². The van der Waals surface area contributed by atoms with Gasteiger partial charge in [0.1, 0.15) is 5.70 Å². The van der Waals surface area contributed by atoms with Gasteiger partial charge < -0.3 is 10.6 Å². The number of rotatable bonds is 3. The summed E-state index contributed by atoms with van der Waals surface area (Å²) in [6, 6.07) is 0. The molecule has 74 valence electrons. The van der Waals surface area contributed by atoms with E-state index in [2.05, 4.69) is 10.6 Å². The maximum atomic E-state index is 11.2. The largest absolute Gasteiger partial charge is 0.354 e. The van der Waals surface area contributed by atoms with Crippen LogP contribution in [0.5, 0.6) is 0 Å². The van der Waals surface area contributed by atoms with Gasteiger partial charge in [0.05, 0.1) is 0 Å². The average molecular weight is 184 g/mol. The predicted octanol–water partition coefficient (Wildman–Crippen LogP) is 0.408. The first-order valence-corrected chi connectivity index (χ1v) is 4.18. The van der Waals surface area contributed by atoms with E-state index in [4.69, 9.17) is 0 Å². The first kappa shape index (κ1) is 11.7. The van der Waals surface area contributed by atoms with Gasteiger partial charge in [0, 0.05) is 14.0 Å². The van der Waals surface area contributed by atoms with Gasteiger partial charge in [-0.25, -0.2) is 0 Å². The van der Waals surface area contributed by atoms with E-state index in [1.54, 1.807) is 6.08 Å². The molecule has 0 unspecified atom stereocenters. The van der Waals surface area contributed by atoms with Crippen LogP contribution in [0.25, 0.3) is 0 Å². The molecule has 0 fully saturated rings. The monoisotopic (exact) mass is 184 g/mol. The van der Waals surface area contributed by atoms with E-state index in [0.717, 1.165) is 0 Å². The van der Waals surface area contributed by atoms with E-state index < -0.39 is 0 Å². The third-order valence-corrected chi connectivity index (χ3v) is 1.28. The zero-order valence-electron chi connectivity index (χ0n) is 8.47. The van der Waals surface area contributed by atoms with Gasteiger partial charge >= 0.3 is 0 Å². The van der Waals surface area contributed by atoms with E-state index in [0.29, 0.717) is 5.70 Å². The molecule has 0 aliphatic carbocycles. The molecular formula is C9H16N2O2. The number of hydrogen-bond acceptors (Lipinski definition) is 2. The van der Waals surface area contributed by atoms with Gasteiger partial charge in [-0.1, -0.05) is 19.9 Å². The Morgan fingerprint density at radius 1 is 1.31 bits per heavy atom. The van der Waals surface area contributed by atoms with Gasteiger partial charge in [-0.05, 0) is 5.92 Å². The molecule has 0 radical (unpaired) electrons. The Balaban J connectivity index is 4.55. The van der Waals surface area contributed by atoms with Crippen molar-refractivity contribution in [1.82, 2.24) is 10.6 Å². The van der Waals surface area contributed by atoms with Crippen LogP contribution in [-0.4, -0.2) is 18.9 Å². The molecule has 0 aromatic rings. The zero-order valence-corrected chi connectivity index (χ0v) is 8.47. The van der Waals surface area contributed by atoms with Crippen LogP contribution in [0.15, 0.2) is 11.8 Å². The van der Waals surface area contributed by atoms with Crippen LogP contribution >= 0.6 is 0 Å². The lowest BCUT2D eigenvalue weighted by Crippen LogP contribution is -2.32. The summed E-state index contributed by atoms with van der Waals surface area (Å²) in [5.74, 6) is -0.293. The highest BCUT2D eigenvalue weighted by Gasteiger charge is 2.08. The number of likely N-dealkylation sites (N-methyl/N-ethyl adjacent to an activating group) is 1. The lowest BCUT2D eigenvalue weighted by atomic mass is 10.2. The number of amides is 2. The SMILES string of the molecule is CNC(=O)/C(=C/C(C)C)NC(C)=O. The van der Waals surface area contributed by atoms with Gasteiger partial charge in [-0.15, -0.1) is 0 Å². The third kappa shape index (κ3) is 5.00. The Bertz CT molecular complexity index is 232. The van der Waals surface area contributed by atoms with Crippen LogP contribution in [0.2, 0.25) is 0 Å². The van der Waals surface area contributed by atoms with Crippen molar-refractivity contribution in [3.63, 3.8) is 0 Å². The Morgan fingerprint density at radius 3 is 2.15 bits per heavy atom. The number of carbonyl (C=O) groups excluding carboxylic acids is 2. The zero-order chi connectivity index (χ0) is 10.4.